The minimum Gasteiger partial charge on any atom is -0.311 e. The molecular weight excluding hydrogens is 625 g/mol. The summed E-state index contributed by atoms with van der Waals surface area (Å²) in [5.74, 6) is -1.26. The molecule has 0 saturated heterocycles. The van der Waals surface area contributed by atoms with Gasteiger partial charge in [0.2, 0.25) is 0 Å². The van der Waals surface area contributed by atoms with Crippen molar-refractivity contribution in [1.82, 2.24) is 0 Å². The number of amides is 1. The maximum atomic E-state index is 13.4. The summed E-state index contributed by atoms with van der Waals surface area (Å²) in [5.41, 5.74) is -13.5. The fraction of sp³-hybridized carbons (Fsp3) is 0.125. The van der Waals surface area contributed by atoms with Gasteiger partial charge in [0, 0.05) is 22.8 Å². The SMILES string of the molecule is CN(C(=O)c1cc2c(-c3ccc(F)cc3)cccc2s1)c1cccc(N(S(=O)(=O)C(F)(F)F)S(=O)(=O)C(F)(F)F)c1. The molecule has 3 aromatic carbocycles. The molecule has 0 spiro atoms. The van der Waals surface area contributed by atoms with Crippen LogP contribution in [0.2, 0.25) is 0 Å². The van der Waals surface area contributed by atoms with E-state index in [2.05, 4.69) is 0 Å². The number of rotatable bonds is 6. The van der Waals surface area contributed by atoms with Gasteiger partial charge in [0.05, 0.1) is 10.6 Å². The molecule has 0 saturated carbocycles. The molecule has 0 aliphatic rings. The summed E-state index contributed by atoms with van der Waals surface area (Å²) < 4.78 is 140. The third-order valence-electron chi connectivity index (χ3n) is 5.68. The number of nitrogens with zero attached hydrogens (tertiary/aromatic N) is 2. The van der Waals surface area contributed by atoms with Crippen LogP contribution in [-0.4, -0.2) is 40.8 Å². The average molecular weight is 641 g/mol. The normalized spacial score (nSPS) is 12.9. The van der Waals surface area contributed by atoms with Gasteiger partial charge >= 0.3 is 31.1 Å². The first-order valence-corrected chi connectivity index (χ1v) is 14.7. The predicted molar refractivity (Wildman–Crippen MR) is 139 cm³/mol. The molecule has 0 radical (unpaired) electrons. The number of anilines is 2. The fourth-order valence-corrected chi connectivity index (χ4v) is 7.50. The van der Waals surface area contributed by atoms with E-state index in [4.69, 9.17) is 0 Å². The number of sulfonamides is 2. The first kappa shape index (κ1) is 30.3. The molecule has 41 heavy (non-hydrogen) atoms. The standard InChI is InChI=1S/C24H15F7N2O5S3/c1-32(22(34)21-13-19-18(6-3-7-20(19)39-21)14-8-10-15(25)11-9-14)16-4-2-5-17(12-16)33(40(35,36)23(26,27)28)41(37,38)24(29,30)31/h2-13H,1H3. The summed E-state index contributed by atoms with van der Waals surface area (Å²) in [4.78, 5) is 14.1. The minimum atomic E-state index is -7.10. The number of thiophene rings is 1. The topological polar surface area (TPSA) is 91.8 Å². The largest absolute Gasteiger partial charge is 0.517 e. The highest BCUT2D eigenvalue weighted by atomic mass is 32.3. The van der Waals surface area contributed by atoms with Gasteiger partial charge in [-0.1, -0.05) is 30.3 Å². The molecule has 4 rings (SSSR count). The van der Waals surface area contributed by atoms with E-state index in [-0.39, 0.29) is 4.88 Å². The van der Waals surface area contributed by atoms with Crippen LogP contribution in [0.25, 0.3) is 21.2 Å². The van der Waals surface area contributed by atoms with E-state index in [1.807, 2.05) is 0 Å². The Kier molecular flexibility index (Phi) is 7.60. The van der Waals surface area contributed by atoms with Crippen LogP contribution in [0.5, 0.6) is 0 Å². The first-order valence-electron chi connectivity index (χ1n) is 11.0. The molecule has 7 nitrogen and oxygen atoms in total. The average Bonchev–Trinajstić information content (AvgIpc) is 3.31. The maximum absolute atomic E-state index is 13.4. The van der Waals surface area contributed by atoms with E-state index in [0.717, 1.165) is 35.4 Å². The highest BCUT2D eigenvalue weighted by Crippen LogP contribution is 2.40. The molecule has 1 amide bonds. The van der Waals surface area contributed by atoms with Gasteiger partial charge in [0.1, 0.15) is 5.82 Å². The third-order valence-corrected chi connectivity index (χ3v) is 10.4. The summed E-state index contributed by atoms with van der Waals surface area (Å²) in [6.07, 6.45) is 0. The molecule has 218 valence electrons. The number of carbonyl (C=O) groups excluding carboxylic acids is 1. The Balaban J connectivity index is 1.77. The lowest BCUT2D eigenvalue weighted by Gasteiger charge is -2.26. The number of alkyl halides is 6. The van der Waals surface area contributed by atoms with Gasteiger partial charge < -0.3 is 4.90 Å². The van der Waals surface area contributed by atoms with Crippen molar-refractivity contribution in [2.75, 3.05) is 15.7 Å². The van der Waals surface area contributed by atoms with Crippen molar-refractivity contribution in [3.05, 3.63) is 83.5 Å². The van der Waals surface area contributed by atoms with Gasteiger partial charge in [-0.2, -0.15) is 43.2 Å². The lowest BCUT2D eigenvalue weighted by atomic mass is 10.0. The first-order chi connectivity index (χ1) is 18.9. The number of halogens is 7. The van der Waals surface area contributed by atoms with Crippen LogP contribution in [-0.2, 0) is 20.0 Å². The van der Waals surface area contributed by atoms with Gasteiger partial charge in [-0.25, -0.2) is 4.39 Å². The lowest BCUT2D eigenvalue weighted by Crippen LogP contribution is -2.49. The van der Waals surface area contributed by atoms with Crippen LogP contribution in [0.4, 0.5) is 42.1 Å². The van der Waals surface area contributed by atoms with E-state index in [0.29, 0.717) is 33.3 Å². The van der Waals surface area contributed by atoms with Crippen LogP contribution in [0.15, 0.2) is 72.8 Å². The van der Waals surface area contributed by atoms with Crippen LogP contribution < -0.4 is 8.61 Å². The second-order valence-electron chi connectivity index (χ2n) is 8.32. The molecule has 0 bridgehead atoms. The van der Waals surface area contributed by atoms with Crippen molar-refractivity contribution >= 4 is 58.8 Å². The molecule has 0 fully saturated rings. The molecule has 17 heteroatoms. The Morgan fingerprint density at radius 3 is 1.85 bits per heavy atom. The predicted octanol–water partition coefficient (Wildman–Crippen LogP) is 6.49. The van der Waals surface area contributed by atoms with Crippen molar-refractivity contribution in [3.8, 4) is 11.1 Å². The smallest absolute Gasteiger partial charge is 0.311 e. The van der Waals surface area contributed by atoms with E-state index in [1.54, 1.807) is 18.2 Å². The maximum Gasteiger partial charge on any atom is 0.517 e. The summed E-state index contributed by atoms with van der Waals surface area (Å²) in [7, 11) is -13.1. The van der Waals surface area contributed by atoms with Crippen LogP contribution in [0, 0.1) is 5.82 Å². The van der Waals surface area contributed by atoms with E-state index in [1.165, 1.54) is 30.3 Å². The van der Waals surface area contributed by atoms with Gasteiger partial charge in [-0.15, -0.1) is 15.0 Å². The Morgan fingerprint density at radius 1 is 0.756 bits per heavy atom. The zero-order valence-corrected chi connectivity index (χ0v) is 22.7. The van der Waals surface area contributed by atoms with Crippen molar-refractivity contribution in [2.24, 2.45) is 0 Å². The molecule has 1 heterocycles. The van der Waals surface area contributed by atoms with Gasteiger partial charge in [0.15, 0.2) is 0 Å². The van der Waals surface area contributed by atoms with E-state index in [9.17, 15) is 52.4 Å². The highest BCUT2D eigenvalue weighted by molar-refractivity contribution is 8.11. The number of hydrogen-bond donors (Lipinski definition) is 0. The summed E-state index contributed by atoms with van der Waals surface area (Å²) in [5, 5.41) is 0.591. The minimum absolute atomic E-state index is 0.0742. The lowest BCUT2D eigenvalue weighted by molar-refractivity contribution is -0.0462. The Labute approximate surface area is 232 Å². The third kappa shape index (κ3) is 5.48. The zero-order valence-electron chi connectivity index (χ0n) is 20.2. The second-order valence-corrected chi connectivity index (χ2v) is 13.2. The van der Waals surface area contributed by atoms with E-state index >= 15 is 0 Å². The number of benzene rings is 3. The molecule has 0 N–H and O–H groups in total. The number of hydrogen-bond acceptors (Lipinski definition) is 6. The molecular formula is C24H15F7N2O5S3. The van der Waals surface area contributed by atoms with Crippen LogP contribution in [0.3, 0.4) is 0 Å². The van der Waals surface area contributed by atoms with Crippen molar-refractivity contribution in [2.45, 2.75) is 11.0 Å². The molecule has 0 aliphatic heterocycles. The molecule has 4 aromatic rings. The Bertz CT molecular complexity index is 1810. The second kappa shape index (κ2) is 10.3. The van der Waals surface area contributed by atoms with Gasteiger partial charge in [-0.3, -0.25) is 4.79 Å². The summed E-state index contributed by atoms with van der Waals surface area (Å²) in [6.45, 7) is 0. The Morgan fingerprint density at radius 2 is 1.29 bits per heavy atom. The van der Waals surface area contributed by atoms with Gasteiger partial charge in [0.25, 0.3) is 5.91 Å². The van der Waals surface area contributed by atoms with Gasteiger partial charge in [-0.05, 0) is 53.6 Å². The van der Waals surface area contributed by atoms with Crippen LogP contribution >= 0.6 is 11.3 Å². The highest BCUT2D eigenvalue weighted by Gasteiger charge is 2.61. The quantitative estimate of drug-likeness (QED) is 0.225. The zero-order chi connectivity index (χ0) is 30.5. The number of fused-ring (bicyclic) bond motifs is 1. The van der Waals surface area contributed by atoms with Crippen molar-refractivity contribution in [3.63, 3.8) is 0 Å². The summed E-state index contributed by atoms with van der Waals surface area (Å²) in [6, 6.07) is 14.8. The van der Waals surface area contributed by atoms with E-state index < -0.39 is 57.9 Å². The fourth-order valence-electron chi connectivity index (χ4n) is 3.74. The monoisotopic (exact) mass is 640 g/mol. The molecule has 0 unspecified atom stereocenters. The van der Waals surface area contributed by atoms with Crippen molar-refractivity contribution < 1.29 is 52.4 Å². The molecule has 0 aliphatic carbocycles. The summed E-state index contributed by atoms with van der Waals surface area (Å²) >= 11 is 1.00. The van der Waals surface area contributed by atoms with Crippen LogP contribution in [0.1, 0.15) is 9.67 Å². The Hall–Kier alpha value is -3.70. The molecule has 0 atom stereocenters. The number of carbonyl (C=O) groups is 1. The molecule has 1 aromatic heterocycles. The van der Waals surface area contributed by atoms with Crippen molar-refractivity contribution in [1.29, 1.82) is 0 Å².